The van der Waals surface area contributed by atoms with Crippen LogP contribution in [0, 0.1) is 11.3 Å². The molecule has 1 aliphatic carbocycles. The van der Waals surface area contributed by atoms with Crippen LogP contribution in [0.3, 0.4) is 0 Å². The molecule has 0 radical (unpaired) electrons. The van der Waals surface area contributed by atoms with E-state index < -0.39 is 0 Å². The number of thiazole rings is 1. The molecular formula is C21H31N3O2S. The lowest BCUT2D eigenvalue weighted by Gasteiger charge is -2.33. The Morgan fingerprint density at radius 2 is 2.04 bits per heavy atom. The Hall–Kier alpha value is -1.69. The largest absolute Gasteiger partial charge is 0.360 e. The van der Waals surface area contributed by atoms with Crippen molar-refractivity contribution in [2.24, 2.45) is 11.3 Å². The molecule has 1 atom stereocenters. The lowest BCUT2D eigenvalue weighted by atomic mass is 9.71. The van der Waals surface area contributed by atoms with E-state index in [1.807, 2.05) is 0 Å². The van der Waals surface area contributed by atoms with Gasteiger partial charge in [0.25, 0.3) is 5.91 Å². The van der Waals surface area contributed by atoms with Crippen molar-refractivity contribution >= 4 is 17.2 Å². The summed E-state index contributed by atoms with van der Waals surface area (Å²) >= 11 is 1.65. The fourth-order valence-corrected chi connectivity index (χ4v) is 4.48. The molecule has 0 saturated heterocycles. The number of rotatable bonds is 4. The quantitative estimate of drug-likeness (QED) is 0.833. The number of carbonyl (C=O) groups excluding carboxylic acids is 1. The maximum absolute atomic E-state index is 12.6. The average Bonchev–Trinajstić information content (AvgIpc) is 3.19. The van der Waals surface area contributed by atoms with Crippen LogP contribution in [0.25, 0.3) is 0 Å². The van der Waals surface area contributed by atoms with E-state index >= 15 is 0 Å². The molecule has 2 aromatic rings. The smallest absolute Gasteiger partial charge is 0.273 e. The van der Waals surface area contributed by atoms with E-state index in [-0.39, 0.29) is 16.7 Å². The molecule has 3 rings (SSSR count). The third kappa shape index (κ3) is 4.60. The first kappa shape index (κ1) is 20.1. The summed E-state index contributed by atoms with van der Waals surface area (Å²) in [7, 11) is 0. The van der Waals surface area contributed by atoms with Crippen LogP contribution in [-0.2, 0) is 24.7 Å². The predicted octanol–water partition coefficient (Wildman–Crippen LogP) is 4.55. The van der Waals surface area contributed by atoms with Crippen molar-refractivity contribution in [3.63, 3.8) is 0 Å². The van der Waals surface area contributed by atoms with Crippen molar-refractivity contribution in [1.82, 2.24) is 15.5 Å². The van der Waals surface area contributed by atoms with Gasteiger partial charge in [-0.05, 0) is 24.2 Å². The standard InChI is InChI=1S/C21H31N3O2S/c1-20(2,3)13-7-8-15-14(11-13)18(24-26-15)19(25)22-10-9-17-23-16(12-27-17)21(4,5)6/h12-13H,7-11H2,1-6H3,(H,22,25)/t13-/m1/s1. The topological polar surface area (TPSA) is 68.0 Å². The second-order valence-electron chi connectivity index (χ2n) is 9.62. The average molecular weight is 390 g/mol. The molecule has 6 heteroatoms. The first-order valence-electron chi connectivity index (χ1n) is 9.76. The molecule has 0 unspecified atom stereocenters. The van der Waals surface area contributed by atoms with Gasteiger partial charge in [-0.15, -0.1) is 11.3 Å². The third-order valence-electron chi connectivity index (χ3n) is 5.42. The maximum atomic E-state index is 12.6. The zero-order valence-electron chi connectivity index (χ0n) is 17.3. The molecule has 0 spiro atoms. The van der Waals surface area contributed by atoms with Crippen LogP contribution in [0.4, 0.5) is 0 Å². The highest BCUT2D eigenvalue weighted by atomic mass is 32.1. The summed E-state index contributed by atoms with van der Waals surface area (Å²) in [6.07, 6.45) is 3.56. The number of hydrogen-bond acceptors (Lipinski definition) is 5. The van der Waals surface area contributed by atoms with Gasteiger partial charge in [0.15, 0.2) is 5.69 Å². The highest BCUT2D eigenvalue weighted by Gasteiger charge is 2.34. The fourth-order valence-electron chi connectivity index (χ4n) is 3.46. The molecule has 1 aliphatic rings. The molecule has 1 N–H and O–H groups in total. The van der Waals surface area contributed by atoms with Gasteiger partial charge in [0.05, 0.1) is 10.7 Å². The summed E-state index contributed by atoms with van der Waals surface area (Å²) in [5.74, 6) is 1.29. The number of fused-ring (bicyclic) bond motifs is 1. The highest BCUT2D eigenvalue weighted by Crippen LogP contribution is 2.38. The van der Waals surface area contributed by atoms with E-state index in [1.165, 1.54) is 0 Å². The Labute approximate surface area is 165 Å². The Morgan fingerprint density at radius 3 is 2.67 bits per heavy atom. The number of hydrogen-bond donors (Lipinski definition) is 1. The molecule has 0 aromatic carbocycles. The van der Waals surface area contributed by atoms with E-state index in [2.05, 4.69) is 62.4 Å². The van der Waals surface area contributed by atoms with Gasteiger partial charge in [-0.2, -0.15) is 0 Å². The van der Waals surface area contributed by atoms with Crippen molar-refractivity contribution in [2.75, 3.05) is 6.54 Å². The molecule has 0 saturated carbocycles. The Morgan fingerprint density at radius 1 is 1.30 bits per heavy atom. The van der Waals surface area contributed by atoms with Gasteiger partial charge in [0, 0.05) is 35.7 Å². The molecule has 2 heterocycles. The molecule has 27 heavy (non-hydrogen) atoms. The van der Waals surface area contributed by atoms with E-state index in [0.717, 1.165) is 47.7 Å². The Bertz CT molecular complexity index is 808. The molecule has 0 aliphatic heterocycles. The van der Waals surface area contributed by atoms with E-state index in [9.17, 15) is 4.79 Å². The normalized spacial score (nSPS) is 17.6. The molecule has 148 valence electrons. The van der Waals surface area contributed by atoms with Crippen LogP contribution >= 0.6 is 11.3 Å². The molecule has 5 nitrogen and oxygen atoms in total. The zero-order valence-corrected chi connectivity index (χ0v) is 18.1. The van der Waals surface area contributed by atoms with Crippen molar-refractivity contribution in [3.05, 3.63) is 33.1 Å². The molecule has 1 amide bonds. The minimum Gasteiger partial charge on any atom is -0.360 e. The number of nitrogens with zero attached hydrogens (tertiary/aromatic N) is 2. The first-order valence-corrected chi connectivity index (χ1v) is 10.6. The van der Waals surface area contributed by atoms with Gasteiger partial charge < -0.3 is 9.84 Å². The predicted molar refractivity (Wildman–Crippen MR) is 108 cm³/mol. The lowest BCUT2D eigenvalue weighted by Crippen LogP contribution is -2.30. The van der Waals surface area contributed by atoms with Gasteiger partial charge in [0.2, 0.25) is 0 Å². The summed E-state index contributed by atoms with van der Waals surface area (Å²) in [5.41, 5.74) is 2.85. The van der Waals surface area contributed by atoms with Gasteiger partial charge in [-0.3, -0.25) is 4.79 Å². The van der Waals surface area contributed by atoms with E-state index in [1.54, 1.807) is 11.3 Å². The van der Waals surface area contributed by atoms with Gasteiger partial charge in [-0.25, -0.2) is 4.98 Å². The number of aryl methyl sites for hydroxylation is 1. The second-order valence-corrected chi connectivity index (χ2v) is 10.6. The molecule has 2 aromatic heterocycles. The van der Waals surface area contributed by atoms with E-state index in [0.29, 0.717) is 18.2 Å². The monoisotopic (exact) mass is 389 g/mol. The number of carbonyl (C=O) groups is 1. The number of nitrogens with one attached hydrogen (secondary N) is 1. The summed E-state index contributed by atoms with van der Waals surface area (Å²) < 4.78 is 5.45. The van der Waals surface area contributed by atoms with Crippen molar-refractivity contribution in [1.29, 1.82) is 0 Å². The summed E-state index contributed by atoms with van der Waals surface area (Å²) in [4.78, 5) is 17.3. The molecule has 0 fully saturated rings. The first-order chi connectivity index (χ1) is 12.6. The number of aromatic nitrogens is 2. The van der Waals surface area contributed by atoms with Crippen LogP contribution in [-0.4, -0.2) is 22.6 Å². The van der Waals surface area contributed by atoms with Gasteiger partial charge in [0.1, 0.15) is 5.76 Å². The third-order valence-corrected chi connectivity index (χ3v) is 6.33. The van der Waals surface area contributed by atoms with E-state index in [4.69, 9.17) is 4.52 Å². The minimum absolute atomic E-state index is 0.0569. The van der Waals surface area contributed by atoms with Crippen LogP contribution in [0.15, 0.2) is 9.90 Å². The van der Waals surface area contributed by atoms with Crippen LogP contribution in [0.1, 0.15) is 80.5 Å². The van der Waals surface area contributed by atoms with Crippen molar-refractivity contribution < 1.29 is 9.32 Å². The number of amides is 1. The van der Waals surface area contributed by atoms with Gasteiger partial charge in [-0.1, -0.05) is 46.7 Å². The second kappa shape index (κ2) is 7.38. The molecule has 0 bridgehead atoms. The van der Waals surface area contributed by atoms with Crippen LogP contribution in [0.5, 0.6) is 0 Å². The van der Waals surface area contributed by atoms with Crippen molar-refractivity contribution in [2.45, 2.75) is 72.6 Å². The van der Waals surface area contributed by atoms with Crippen LogP contribution in [0.2, 0.25) is 0 Å². The van der Waals surface area contributed by atoms with Crippen LogP contribution < -0.4 is 5.32 Å². The van der Waals surface area contributed by atoms with Crippen molar-refractivity contribution in [3.8, 4) is 0 Å². The zero-order chi connectivity index (χ0) is 19.8. The Kier molecular flexibility index (Phi) is 5.48. The minimum atomic E-state index is -0.137. The fraction of sp³-hybridized carbons (Fsp3) is 0.667. The maximum Gasteiger partial charge on any atom is 0.273 e. The lowest BCUT2D eigenvalue weighted by molar-refractivity contribution is 0.0943. The summed E-state index contributed by atoms with van der Waals surface area (Å²) in [5, 5.41) is 10.2. The SMILES string of the molecule is CC(C)(C)c1csc(CCNC(=O)c2noc3c2C[C@H](C(C)(C)C)CC3)n1. The molecular weight excluding hydrogens is 358 g/mol. The highest BCUT2D eigenvalue weighted by molar-refractivity contribution is 7.09. The summed E-state index contributed by atoms with van der Waals surface area (Å²) in [6, 6.07) is 0. The van der Waals surface area contributed by atoms with Gasteiger partial charge >= 0.3 is 0 Å². The Balaban J connectivity index is 1.60. The summed E-state index contributed by atoms with van der Waals surface area (Å²) in [6.45, 7) is 13.8.